The normalized spacial score (nSPS) is 14.8. The van der Waals surface area contributed by atoms with Crippen LogP contribution in [-0.4, -0.2) is 17.4 Å². The molecule has 4 heteroatoms. The number of pyridine rings is 1. The average Bonchev–Trinajstić information content (AvgIpc) is 2.71. The highest BCUT2D eigenvalue weighted by molar-refractivity contribution is 6.30. The van der Waals surface area contributed by atoms with Crippen molar-refractivity contribution in [2.24, 2.45) is 0 Å². The number of Topliss-reactive ketones (excluding diaryl/α,β-unsaturated/α-hetero) is 1. The second kappa shape index (κ2) is 3.80. The molecular formula is C10H8ClNO2. The lowest BCUT2D eigenvalue weighted by molar-refractivity contribution is 0.0937. The SMILES string of the molecule is O=C(C1=CCCO1)c1ccc(Cl)cn1. The molecule has 1 aromatic rings. The van der Waals surface area contributed by atoms with Gasteiger partial charge < -0.3 is 4.74 Å². The third-order valence-electron chi connectivity index (χ3n) is 1.89. The number of carbonyl (C=O) groups excluding carboxylic acids is 1. The van der Waals surface area contributed by atoms with Crippen LogP contribution in [0.5, 0.6) is 0 Å². The van der Waals surface area contributed by atoms with Crippen LogP contribution in [-0.2, 0) is 4.74 Å². The van der Waals surface area contributed by atoms with E-state index in [9.17, 15) is 4.79 Å². The third-order valence-corrected chi connectivity index (χ3v) is 2.11. The second-order valence-corrected chi connectivity index (χ2v) is 3.33. The maximum atomic E-state index is 11.7. The molecule has 1 aliphatic rings. The minimum atomic E-state index is -0.181. The molecule has 0 radical (unpaired) electrons. The zero-order valence-electron chi connectivity index (χ0n) is 7.37. The van der Waals surface area contributed by atoms with Gasteiger partial charge in [-0.1, -0.05) is 11.6 Å². The molecule has 0 aliphatic carbocycles. The molecule has 0 saturated heterocycles. The number of allylic oxidation sites excluding steroid dienone is 1. The van der Waals surface area contributed by atoms with Gasteiger partial charge in [-0.25, -0.2) is 0 Å². The van der Waals surface area contributed by atoms with Crippen molar-refractivity contribution in [2.45, 2.75) is 6.42 Å². The summed E-state index contributed by atoms with van der Waals surface area (Å²) in [4.78, 5) is 15.6. The first-order valence-electron chi connectivity index (χ1n) is 4.26. The van der Waals surface area contributed by atoms with Crippen molar-refractivity contribution in [1.29, 1.82) is 0 Å². The monoisotopic (exact) mass is 209 g/mol. The molecule has 0 N–H and O–H groups in total. The van der Waals surface area contributed by atoms with Crippen LogP contribution in [0.1, 0.15) is 16.9 Å². The third kappa shape index (κ3) is 1.77. The van der Waals surface area contributed by atoms with Gasteiger partial charge in [-0.15, -0.1) is 0 Å². The van der Waals surface area contributed by atoms with Crippen molar-refractivity contribution >= 4 is 17.4 Å². The fourth-order valence-electron chi connectivity index (χ4n) is 1.21. The molecule has 2 rings (SSSR count). The lowest BCUT2D eigenvalue weighted by Gasteiger charge is -2.01. The minimum absolute atomic E-state index is 0.181. The highest BCUT2D eigenvalue weighted by Crippen LogP contribution is 2.15. The van der Waals surface area contributed by atoms with Crippen LogP contribution >= 0.6 is 11.6 Å². The Hall–Kier alpha value is -1.35. The molecule has 0 fully saturated rings. The van der Waals surface area contributed by atoms with Crippen LogP contribution in [0.2, 0.25) is 5.02 Å². The Morgan fingerprint density at radius 1 is 1.50 bits per heavy atom. The van der Waals surface area contributed by atoms with Gasteiger partial charge in [0.15, 0.2) is 5.76 Å². The summed E-state index contributed by atoms with van der Waals surface area (Å²) in [5.74, 6) is 0.207. The van der Waals surface area contributed by atoms with Crippen LogP contribution in [0, 0.1) is 0 Å². The largest absolute Gasteiger partial charge is 0.489 e. The van der Waals surface area contributed by atoms with Crippen molar-refractivity contribution in [1.82, 2.24) is 4.98 Å². The standard InChI is InChI=1S/C10H8ClNO2/c11-7-3-4-8(12-6-7)10(13)9-2-1-5-14-9/h2-4,6H,1,5H2. The Morgan fingerprint density at radius 3 is 2.93 bits per heavy atom. The quantitative estimate of drug-likeness (QED) is 0.702. The van der Waals surface area contributed by atoms with Gasteiger partial charge in [0, 0.05) is 12.6 Å². The van der Waals surface area contributed by atoms with Crippen LogP contribution in [0.15, 0.2) is 30.2 Å². The number of carbonyl (C=O) groups is 1. The Bertz CT molecular complexity index is 384. The number of hydrogen-bond donors (Lipinski definition) is 0. The Morgan fingerprint density at radius 2 is 2.36 bits per heavy atom. The number of ketones is 1. The number of rotatable bonds is 2. The predicted octanol–water partition coefficient (Wildman–Crippen LogP) is 2.22. The lowest BCUT2D eigenvalue weighted by atomic mass is 10.2. The second-order valence-electron chi connectivity index (χ2n) is 2.90. The van der Waals surface area contributed by atoms with Gasteiger partial charge in [0.1, 0.15) is 5.69 Å². The molecule has 2 heterocycles. The van der Waals surface area contributed by atoms with E-state index in [1.165, 1.54) is 6.20 Å². The average molecular weight is 210 g/mol. The summed E-state index contributed by atoms with van der Waals surface area (Å²) >= 11 is 5.66. The highest BCUT2D eigenvalue weighted by atomic mass is 35.5. The molecule has 14 heavy (non-hydrogen) atoms. The zero-order valence-corrected chi connectivity index (χ0v) is 8.12. The van der Waals surface area contributed by atoms with E-state index < -0.39 is 0 Å². The van der Waals surface area contributed by atoms with Gasteiger partial charge in [-0.3, -0.25) is 9.78 Å². The highest BCUT2D eigenvalue weighted by Gasteiger charge is 2.17. The van der Waals surface area contributed by atoms with Gasteiger partial charge in [0.25, 0.3) is 0 Å². The van der Waals surface area contributed by atoms with Crippen molar-refractivity contribution in [3.63, 3.8) is 0 Å². The van der Waals surface area contributed by atoms with Crippen molar-refractivity contribution < 1.29 is 9.53 Å². The smallest absolute Gasteiger partial charge is 0.245 e. The Labute approximate surface area is 86.4 Å². The molecule has 1 aliphatic heterocycles. The van der Waals surface area contributed by atoms with Crippen molar-refractivity contribution in [2.75, 3.05) is 6.61 Å². The van der Waals surface area contributed by atoms with E-state index in [1.807, 2.05) is 0 Å². The minimum Gasteiger partial charge on any atom is -0.489 e. The van der Waals surface area contributed by atoms with Crippen molar-refractivity contribution in [3.8, 4) is 0 Å². The summed E-state index contributed by atoms with van der Waals surface area (Å²) in [6.07, 6.45) is 4.01. The number of aromatic nitrogens is 1. The number of halogens is 1. The summed E-state index contributed by atoms with van der Waals surface area (Å²) in [7, 11) is 0. The van der Waals surface area contributed by atoms with E-state index in [0.717, 1.165) is 6.42 Å². The maximum absolute atomic E-state index is 11.7. The van der Waals surface area contributed by atoms with Crippen LogP contribution in [0.25, 0.3) is 0 Å². The zero-order chi connectivity index (χ0) is 9.97. The topological polar surface area (TPSA) is 39.2 Å². The molecule has 0 bridgehead atoms. The molecule has 3 nitrogen and oxygen atoms in total. The summed E-state index contributed by atoms with van der Waals surface area (Å²) in [5, 5.41) is 0.517. The number of hydrogen-bond acceptors (Lipinski definition) is 3. The summed E-state index contributed by atoms with van der Waals surface area (Å²) in [5.41, 5.74) is 0.363. The Balaban J connectivity index is 2.22. The first kappa shape index (κ1) is 9.21. The summed E-state index contributed by atoms with van der Waals surface area (Å²) < 4.78 is 5.14. The van der Waals surface area contributed by atoms with E-state index >= 15 is 0 Å². The van der Waals surface area contributed by atoms with E-state index in [1.54, 1.807) is 18.2 Å². The predicted molar refractivity (Wildman–Crippen MR) is 52.2 cm³/mol. The molecule has 0 saturated carbocycles. The lowest BCUT2D eigenvalue weighted by Crippen LogP contribution is -2.05. The first-order chi connectivity index (χ1) is 6.77. The van der Waals surface area contributed by atoms with E-state index in [-0.39, 0.29) is 5.78 Å². The van der Waals surface area contributed by atoms with Gasteiger partial charge in [-0.2, -0.15) is 0 Å². The molecule has 72 valence electrons. The number of nitrogens with zero attached hydrogens (tertiary/aromatic N) is 1. The van der Waals surface area contributed by atoms with E-state index in [2.05, 4.69) is 4.98 Å². The molecular weight excluding hydrogens is 202 g/mol. The first-order valence-corrected chi connectivity index (χ1v) is 4.64. The fraction of sp³-hybridized carbons (Fsp3) is 0.200. The summed E-state index contributed by atoms with van der Waals surface area (Å²) in [6, 6.07) is 3.23. The number of ether oxygens (including phenoxy) is 1. The van der Waals surface area contributed by atoms with Crippen LogP contribution in [0.4, 0.5) is 0 Å². The molecule has 0 amide bonds. The van der Waals surface area contributed by atoms with Crippen LogP contribution in [0.3, 0.4) is 0 Å². The van der Waals surface area contributed by atoms with Crippen LogP contribution < -0.4 is 0 Å². The molecule has 0 aromatic carbocycles. The fourth-order valence-corrected chi connectivity index (χ4v) is 1.32. The molecule has 0 unspecified atom stereocenters. The molecule has 1 aromatic heterocycles. The van der Waals surface area contributed by atoms with Crippen molar-refractivity contribution in [3.05, 3.63) is 40.9 Å². The van der Waals surface area contributed by atoms with Gasteiger partial charge >= 0.3 is 0 Å². The maximum Gasteiger partial charge on any atom is 0.245 e. The molecule has 0 atom stereocenters. The molecule has 0 spiro atoms. The van der Waals surface area contributed by atoms with E-state index in [4.69, 9.17) is 16.3 Å². The van der Waals surface area contributed by atoms with Gasteiger partial charge in [0.2, 0.25) is 5.78 Å². The van der Waals surface area contributed by atoms with E-state index in [0.29, 0.717) is 23.1 Å². The Kier molecular flexibility index (Phi) is 2.50. The summed E-state index contributed by atoms with van der Waals surface area (Å²) in [6.45, 7) is 0.578. The van der Waals surface area contributed by atoms with Gasteiger partial charge in [-0.05, 0) is 18.2 Å². The van der Waals surface area contributed by atoms with Gasteiger partial charge in [0.05, 0.1) is 11.6 Å².